The molecule has 0 radical (unpaired) electrons. The topological polar surface area (TPSA) is 134 Å². The maximum atomic E-state index is 13.5. The third-order valence-electron chi connectivity index (χ3n) is 7.57. The number of nitrogens with one attached hydrogen (secondary N) is 1. The van der Waals surface area contributed by atoms with Crippen molar-refractivity contribution in [2.75, 3.05) is 29.9 Å². The smallest absolute Gasteiger partial charge is 0.410 e. The van der Waals surface area contributed by atoms with E-state index in [2.05, 4.69) is 20.3 Å². The first-order valence-corrected chi connectivity index (χ1v) is 14.5. The molecule has 12 nitrogen and oxygen atoms in total. The zero-order chi connectivity index (χ0) is 31.1. The Kier molecular flexibility index (Phi) is 8.04. The summed E-state index contributed by atoms with van der Waals surface area (Å²) in [5.74, 6) is -1.32. The van der Waals surface area contributed by atoms with Crippen LogP contribution in [0.2, 0.25) is 0 Å². The summed E-state index contributed by atoms with van der Waals surface area (Å²) in [6, 6.07) is 5.47. The van der Waals surface area contributed by atoms with Crippen molar-refractivity contribution in [3.8, 4) is 0 Å². The summed E-state index contributed by atoms with van der Waals surface area (Å²) in [4.78, 5) is 46.3. The Morgan fingerprint density at radius 1 is 1.14 bits per heavy atom. The summed E-state index contributed by atoms with van der Waals surface area (Å²) in [6.07, 6.45) is 6.53. The Morgan fingerprint density at radius 3 is 2.51 bits per heavy atom. The summed E-state index contributed by atoms with van der Waals surface area (Å²) < 4.78 is 9.06. The van der Waals surface area contributed by atoms with Crippen molar-refractivity contribution in [3.63, 3.8) is 0 Å². The molecular weight excluding hydrogens is 550 g/mol. The minimum Gasteiger partial charge on any atom is -0.481 e. The van der Waals surface area contributed by atoms with Crippen LogP contribution in [0, 0.1) is 6.92 Å². The normalized spacial score (nSPS) is 14.3. The van der Waals surface area contributed by atoms with E-state index in [1.54, 1.807) is 33.6 Å². The number of nitrogens with zero attached hydrogens (tertiary/aromatic N) is 6. The van der Waals surface area contributed by atoms with E-state index < -0.39 is 11.6 Å². The Hall–Kier alpha value is -4.61. The van der Waals surface area contributed by atoms with Gasteiger partial charge in [-0.3, -0.25) is 14.3 Å². The van der Waals surface area contributed by atoms with E-state index in [0.29, 0.717) is 34.5 Å². The fraction of sp³-hybridized carbons (Fsp3) is 0.452. The van der Waals surface area contributed by atoms with Crippen molar-refractivity contribution >= 4 is 45.9 Å². The first-order valence-electron chi connectivity index (χ1n) is 14.5. The van der Waals surface area contributed by atoms with E-state index in [1.165, 1.54) is 0 Å². The highest BCUT2D eigenvalue weighted by atomic mass is 16.6. The van der Waals surface area contributed by atoms with Crippen molar-refractivity contribution in [3.05, 3.63) is 53.6 Å². The first kappa shape index (κ1) is 29.9. The Balaban J connectivity index is 1.36. The average molecular weight is 590 g/mol. The molecule has 1 aliphatic rings. The van der Waals surface area contributed by atoms with Gasteiger partial charge in [0.25, 0.3) is 5.91 Å². The van der Waals surface area contributed by atoms with Crippen molar-refractivity contribution in [2.24, 2.45) is 7.05 Å². The van der Waals surface area contributed by atoms with Crippen LogP contribution < -0.4 is 10.2 Å². The van der Waals surface area contributed by atoms with Crippen LogP contribution in [0.15, 0.2) is 36.8 Å². The fourth-order valence-corrected chi connectivity index (χ4v) is 5.79. The molecule has 3 aromatic heterocycles. The number of ether oxygens (including phenoxy) is 1. The van der Waals surface area contributed by atoms with Crippen molar-refractivity contribution < 1.29 is 24.2 Å². The largest absolute Gasteiger partial charge is 0.481 e. The number of rotatable bonds is 7. The number of pyridine rings is 1. The highest BCUT2D eigenvalue weighted by molar-refractivity contribution is 6.14. The standard InChI is InChI=1S/C31H39N7O5/c1-7-38(30(42)43-31(3,4)5)22-10-12-36(13-11-22)25-9-8-23(27-24(25)18-35(6)34-27)29(41)33-21-14-20(15-26(39)40)28-32-19(2)16-37(28)17-21/h8-9,14,16-18,22H,7,10-13,15H2,1-6H3,(H,33,41)(H,39,40). The number of imidazole rings is 1. The number of hydrogen-bond donors (Lipinski definition) is 2. The molecule has 12 heteroatoms. The third kappa shape index (κ3) is 6.42. The predicted octanol–water partition coefficient (Wildman–Crippen LogP) is 4.63. The Morgan fingerprint density at radius 2 is 1.86 bits per heavy atom. The average Bonchev–Trinajstić information content (AvgIpc) is 3.49. The van der Waals surface area contributed by atoms with Crippen LogP contribution in [0.1, 0.15) is 62.2 Å². The lowest BCUT2D eigenvalue weighted by Crippen LogP contribution is -2.48. The van der Waals surface area contributed by atoms with Gasteiger partial charge >= 0.3 is 12.1 Å². The molecule has 0 saturated carbocycles. The van der Waals surface area contributed by atoms with E-state index in [1.807, 2.05) is 58.8 Å². The van der Waals surface area contributed by atoms with Crippen LogP contribution in [0.3, 0.4) is 0 Å². The monoisotopic (exact) mass is 589 g/mol. The molecule has 43 heavy (non-hydrogen) atoms. The van der Waals surface area contributed by atoms with Gasteiger partial charge in [-0.2, -0.15) is 5.10 Å². The lowest BCUT2D eigenvalue weighted by atomic mass is 10.0. The molecule has 5 rings (SSSR count). The SMILES string of the molecule is CCN(C(=O)OC(C)(C)C)C1CCN(c2ccc(C(=O)Nc3cc(CC(=O)O)c4nc(C)cn4c3)c3nn(C)cc23)CC1. The number of carbonyl (C=O) groups is 3. The van der Waals surface area contributed by atoms with E-state index >= 15 is 0 Å². The number of piperidine rings is 1. The number of amides is 2. The zero-order valence-electron chi connectivity index (χ0n) is 25.5. The number of benzene rings is 1. The lowest BCUT2D eigenvalue weighted by molar-refractivity contribution is -0.136. The lowest BCUT2D eigenvalue weighted by Gasteiger charge is -2.39. The van der Waals surface area contributed by atoms with E-state index in [-0.39, 0.29) is 24.5 Å². The van der Waals surface area contributed by atoms with E-state index in [4.69, 9.17) is 4.74 Å². The summed E-state index contributed by atoms with van der Waals surface area (Å²) >= 11 is 0. The van der Waals surface area contributed by atoms with Crippen LogP contribution in [-0.4, -0.2) is 78.4 Å². The molecule has 1 aromatic carbocycles. The molecule has 0 bridgehead atoms. The van der Waals surface area contributed by atoms with Gasteiger partial charge in [0.05, 0.1) is 23.4 Å². The molecule has 2 N–H and O–H groups in total. The van der Waals surface area contributed by atoms with Crippen LogP contribution in [0.25, 0.3) is 16.6 Å². The highest BCUT2D eigenvalue weighted by Crippen LogP contribution is 2.32. The van der Waals surface area contributed by atoms with Crippen molar-refractivity contribution in [1.82, 2.24) is 24.1 Å². The molecule has 228 valence electrons. The van der Waals surface area contributed by atoms with Gasteiger partial charge in [-0.1, -0.05) is 0 Å². The van der Waals surface area contributed by atoms with E-state index in [9.17, 15) is 19.5 Å². The van der Waals surface area contributed by atoms with Crippen molar-refractivity contribution in [2.45, 2.75) is 65.5 Å². The minimum atomic E-state index is -0.979. The van der Waals surface area contributed by atoms with Gasteiger partial charge in [0.1, 0.15) is 16.8 Å². The predicted molar refractivity (Wildman–Crippen MR) is 164 cm³/mol. The molecule has 4 heterocycles. The molecule has 2 amide bonds. The molecular formula is C31H39N7O5. The number of aliphatic carboxylic acids is 1. The number of carbonyl (C=O) groups excluding carboxylic acids is 2. The summed E-state index contributed by atoms with van der Waals surface area (Å²) in [7, 11) is 1.82. The number of anilines is 2. The Bertz CT molecular complexity index is 1690. The molecule has 4 aromatic rings. The maximum absolute atomic E-state index is 13.5. The second kappa shape index (κ2) is 11.6. The van der Waals surface area contributed by atoms with Gasteiger partial charge in [-0.25, -0.2) is 9.78 Å². The van der Waals surface area contributed by atoms with Crippen LogP contribution in [0.5, 0.6) is 0 Å². The number of hydrogen-bond acceptors (Lipinski definition) is 7. The van der Waals surface area contributed by atoms with Gasteiger partial charge in [0.15, 0.2) is 0 Å². The number of aromatic nitrogens is 4. The summed E-state index contributed by atoms with van der Waals surface area (Å²) in [6.45, 7) is 11.5. The maximum Gasteiger partial charge on any atom is 0.410 e. The zero-order valence-corrected chi connectivity index (χ0v) is 25.5. The van der Waals surface area contributed by atoms with Gasteiger partial charge in [-0.15, -0.1) is 0 Å². The van der Waals surface area contributed by atoms with Gasteiger partial charge in [0, 0.05) is 68.0 Å². The van der Waals surface area contributed by atoms with Gasteiger partial charge in [-0.05, 0) is 65.7 Å². The first-order chi connectivity index (χ1) is 20.3. The summed E-state index contributed by atoms with van der Waals surface area (Å²) in [5.41, 5.74) is 3.70. The second-order valence-electron chi connectivity index (χ2n) is 12.1. The van der Waals surface area contributed by atoms with Crippen LogP contribution in [0.4, 0.5) is 16.2 Å². The molecule has 0 aliphatic carbocycles. The van der Waals surface area contributed by atoms with Gasteiger partial charge < -0.3 is 29.4 Å². The summed E-state index contributed by atoms with van der Waals surface area (Å²) in [5, 5.41) is 17.8. The quantitative estimate of drug-likeness (QED) is 0.319. The number of carboxylic acid groups (broad SMARTS) is 1. The fourth-order valence-electron chi connectivity index (χ4n) is 5.79. The van der Waals surface area contributed by atoms with Crippen LogP contribution in [-0.2, 0) is 23.0 Å². The minimum absolute atomic E-state index is 0.0909. The van der Waals surface area contributed by atoms with E-state index in [0.717, 1.165) is 42.7 Å². The van der Waals surface area contributed by atoms with Crippen molar-refractivity contribution in [1.29, 1.82) is 0 Å². The van der Waals surface area contributed by atoms with Gasteiger partial charge in [0.2, 0.25) is 0 Å². The molecule has 0 atom stereocenters. The molecule has 0 unspecified atom stereocenters. The number of carboxylic acids is 1. The number of aryl methyl sites for hydroxylation is 2. The molecule has 0 spiro atoms. The Labute approximate surface area is 250 Å². The third-order valence-corrected chi connectivity index (χ3v) is 7.57. The van der Waals surface area contributed by atoms with Crippen LogP contribution >= 0.6 is 0 Å². The highest BCUT2D eigenvalue weighted by Gasteiger charge is 2.31. The molecule has 1 fully saturated rings. The molecule has 1 saturated heterocycles. The second-order valence-corrected chi connectivity index (χ2v) is 12.1. The number of fused-ring (bicyclic) bond motifs is 2. The molecule has 1 aliphatic heterocycles.